The minimum absolute atomic E-state index is 0.656. The van der Waals surface area contributed by atoms with Crippen molar-refractivity contribution >= 4 is 50.9 Å². The Bertz CT molecular complexity index is 782. The molecule has 1 heterocycles. The highest BCUT2D eigenvalue weighted by Gasteiger charge is 2.09. The zero-order valence-electron chi connectivity index (χ0n) is 11.6. The number of rotatable bonds is 4. The Morgan fingerprint density at radius 1 is 1.24 bits per heavy atom. The monoisotopic (exact) mass is 411 g/mol. The van der Waals surface area contributed by atoms with Crippen LogP contribution in [0, 0.1) is 3.57 Å². The number of hydrogen-bond donors (Lipinski definition) is 1. The number of halogens is 2. The van der Waals surface area contributed by atoms with Crippen molar-refractivity contribution in [1.82, 2.24) is 9.55 Å². The van der Waals surface area contributed by atoms with Gasteiger partial charge in [0.25, 0.3) is 0 Å². The highest BCUT2D eigenvalue weighted by molar-refractivity contribution is 14.1. The van der Waals surface area contributed by atoms with E-state index in [1.807, 2.05) is 36.4 Å². The number of aryl methyl sites for hydroxylation is 1. The van der Waals surface area contributed by atoms with Gasteiger partial charge in [0.1, 0.15) is 5.82 Å². The molecule has 3 aromatic rings. The van der Waals surface area contributed by atoms with Crippen LogP contribution >= 0.6 is 34.2 Å². The molecule has 5 heteroatoms. The molecule has 0 bridgehead atoms. The van der Waals surface area contributed by atoms with Crippen LogP contribution in [0.25, 0.3) is 11.0 Å². The van der Waals surface area contributed by atoms with E-state index in [1.165, 1.54) is 5.52 Å². The third-order valence-corrected chi connectivity index (χ3v) is 4.40. The summed E-state index contributed by atoms with van der Waals surface area (Å²) in [4.78, 5) is 4.70. The number of nitrogens with zero attached hydrogens (tertiary/aromatic N) is 2. The van der Waals surface area contributed by atoms with E-state index < -0.39 is 0 Å². The topological polar surface area (TPSA) is 29.9 Å². The number of hydrogen-bond acceptors (Lipinski definition) is 2. The summed E-state index contributed by atoms with van der Waals surface area (Å²) in [6.07, 6.45) is 0. The lowest BCUT2D eigenvalue weighted by Crippen LogP contribution is -2.08. The Morgan fingerprint density at radius 3 is 2.81 bits per heavy atom. The number of anilines is 1. The first kappa shape index (κ1) is 14.7. The molecule has 0 atom stereocenters. The van der Waals surface area contributed by atoms with Gasteiger partial charge in [0, 0.05) is 10.1 Å². The van der Waals surface area contributed by atoms with Crippen LogP contribution in [0.4, 0.5) is 5.69 Å². The first-order valence-electron chi connectivity index (χ1n) is 6.82. The Balaban J connectivity index is 1.88. The van der Waals surface area contributed by atoms with Gasteiger partial charge in [0.05, 0.1) is 28.3 Å². The predicted octanol–water partition coefficient (Wildman–Crippen LogP) is 4.93. The van der Waals surface area contributed by atoms with Gasteiger partial charge >= 0.3 is 0 Å². The average Bonchev–Trinajstić information content (AvgIpc) is 2.83. The summed E-state index contributed by atoms with van der Waals surface area (Å²) in [7, 11) is 0. The third-order valence-electron chi connectivity index (χ3n) is 3.42. The lowest BCUT2D eigenvalue weighted by Gasteiger charge is -2.10. The molecule has 1 aromatic heterocycles. The molecule has 21 heavy (non-hydrogen) atoms. The molecule has 0 fully saturated rings. The fourth-order valence-electron chi connectivity index (χ4n) is 2.42. The second-order valence-corrected chi connectivity index (χ2v) is 6.39. The van der Waals surface area contributed by atoms with Crippen LogP contribution in [-0.2, 0) is 13.1 Å². The van der Waals surface area contributed by atoms with E-state index in [9.17, 15) is 0 Å². The predicted molar refractivity (Wildman–Crippen MR) is 96.9 cm³/mol. The van der Waals surface area contributed by atoms with Crippen molar-refractivity contribution in [2.45, 2.75) is 20.0 Å². The zero-order chi connectivity index (χ0) is 14.8. The summed E-state index contributed by atoms with van der Waals surface area (Å²) < 4.78 is 3.35. The number of imidazole rings is 1. The highest BCUT2D eigenvalue weighted by Crippen LogP contribution is 2.25. The molecule has 2 aromatic carbocycles. The van der Waals surface area contributed by atoms with Crippen LogP contribution in [0.15, 0.2) is 42.5 Å². The Morgan fingerprint density at radius 2 is 2.05 bits per heavy atom. The zero-order valence-corrected chi connectivity index (χ0v) is 14.5. The van der Waals surface area contributed by atoms with Gasteiger partial charge in [-0.25, -0.2) is 4.98 Å². The second-order valence-electron chi connectivity index (χ2n) is 4.74. The molecule has 0 unspecified atom stereocenters. The van der Waals surface area contributed by atoms with E-state index in [0.29, 0.717) is 6.54 Å². The molecule has 3 rings (SSSR count). The molecular formula is C16H15ClIN3. The summed E-state index contributed by atoms with van der Waals surface area (Å²) in [5, 5.41) is 4.11. The van der Waals surface area contributed by atoms with Crippen LogP contribution in [0.5, 0.6) is 0 Å². The molecule has 3 nitrogen and oxygen atoms in total. The maximum Gasteiger partial charge on any atom is 0.129 e. The molecule has 1 N–H and O–H groups in total. The molecule has 0 saturated heterocycles. The van der Waals surface area contributed by atoms with Crippen molar-refractivity contribution < 1.29 is 0 Å². The van der Waals surface area contributed by atoms with Crippen LogP contribution in [0.2, 0.25) is 5.02 Å². The van der Waals surface area contributed by atoms with Crippen molar-refractivity contribution in [2.24, 2.45) is 0 Å². The van der Waals surface area contributed by atoms with Gasteiger partial charge in [-0.05, 0) is 59.8 Å². The molecule has 108 valence electrons. The molecule has 0 spiro atoms. The molecule has 0 aliphatic carbocycles. The number of para-hydroxylation sites is 2. The van der Waals surface area contributed by atoms with Crippen molar-refractivity contribution in [1.29, 1.82) is 0 Å². The van der Waals surface area contributed by atoms with Gasteiger partial charge in [0.2, 0.25) is 0 Å². The van der Waals surface area contributed by atoms with Gasteiger partial charge in [0.15, 0.2) is 0 Å². The summed E-state index contributed by atoms with van der Waals surface area (Å²) in [5.74, 6) is 1.02. The Labute approximate surface area is 142 Å². The smallest absolute Gasteiger partial charge is 0.129 e. The van der Waals surface area contributed by atoms with E-state index in [1.54, 1.807) is 0 Å². The van der Waals surface area contributed by atoms with E-state index in [-0.39, 0.29) is 0 Å². The highest BCUT2D eigenvalue weighted by atomic mass is 127. The normalized spacial score (nSPS) is 11.0. The van der Waals surface area contributed by atoms with Crippen LogP contribution < -0.4 is 5.32 Å². The maximum absolute atomic E-state index is 6.25. The summed E-state index contributed by atoms with van der Waals surface area (Å²) in [6, 6.07) is 14.2. The molecule has 0 aliphatic rings. The number of aromatic nitrogens is 2. The van der Waals surface area contributed by atoms with Gasteiger partial charge in [-0.15, -0.1) is 0 Å². The quantitative estimate of drug-likeness (QED) is 0.617. The minimum atomic E-state index is 0.656. The van der Waals surface area contributed by atoms with Crippen molar-refractivity contribution in [3.63, 3.8) is 0 Å². The van der Waals surface area contributed by atoms with Gasteiger partial charge in [-0.1, -0.05) is 23.7 Å². The van der Waals surface area contributed by atoms with Gasteiger partial charge in [-0.2, -0.15) is 0 Å². The fourth-order valence-corrected chi connectivity index (χ4v) is 3.34. The summed E-state index contributed by atoms with van der Waals surface area (Å²) in [6.45, 7) is 3.69. The van der Waals surface area contributed by atoms with Crippen LogP contribution in [-0.4, -0.2) is 9.55 Å². The van der Waals surface area contributed by atoms with Crippen molar-refractivity contribution in [3.8, 4) is 0 Å². The summed E-state index contributed by atoms with van der Waals surface area (Å²) >= 11 is 8.51. The van der Waals surface area contributed by atoms with E-state index in [2.05, 4.69) is 45.5 Å². The number of fused-ring (bicyclic) bond motifs is 1. The molecule has 0 amide bonds. The number of nitrogens with one attached hydrogen (secondary N) is 1. The third kappa shape index (κ3) is 3.01. The molecule has 0 saturated carbocycles. The Hall–Kier alpha value is -1.27. The van der Waals surface area contributed by atoms with Gasteiger partial charge in [-0.3, -0.25) is 0 Å². The summed E-state index contributed by atoms with van der Waals surface area (Å²) in [5.41, 5.74) is 3.14. The SMILES string of the molecule is CCn1c(CNc2ccc(I)cc2Cl)nc2ccccc21. The Kier molecular flexibility index (Phi) is 4.35. The molecular weight excluding hydrogens is 397 g/mol. The first-order valence-corrected chi connectivity index (χ1v) is 8.27. The lowest BCUT2D eigenvalue weighted by atomic mass is 10.3. The van der Waals surface area contributed by atoms with Crippen LogP contribution in [0.3, 0.4) is 0 Å². The van der Waals surface area contributed by atoms with E-state index in [4.69, 9.17) is 16.6 Å². The lowest BCUT2D eigenvalue weighted by molar-refractivity contribution is 0.729. The average molecular weight is 412 g/mol. The largest absolute Gasteiger partial charge is 0.377 e. The first-order chi connectivity index (χ1) is 10.2. The molecule has 0 radical (unpaired) electrons. The van der Waals surface area contributed by atoms with E-state index in [0.717, 1.165) is 32.2 Å². The van der Waals surface area contributed by atoms with Gasteiger partial charge < -0.3 is 9.88 Å². The van der Waals surface area contributed by atoms with Crippen molar-refractivity contribution in [3.05, 3.63) is 56.9 Å². The fraction of sp³-hybridized carbons (Fsp3) is 0.188. The standard InChI is InChI=1S/C16H15ClIN3/c1-2-21-15-6-4-3-5-14(15)20-16(21)10-19-13-8-7-11(18)9-12(13)17/h3-9,19H,2,10H2,1H3. The molecule has 0 aliphatic heterocycles. The van der Waals surface area contributed by atoms with Crippen LogP contribution in [0.1, 0.15) is 12.7 Å². The van der Waals surface area contributed by atoms with E-state index >= 15 is 0 Å². The van der Waals surface area contributed by atoms with Crippen molar-refractivity contribution in [2.75, 3.05) is 5.32 Å². The maximum atomic E-state index is 6.25. The minimum Gasteiger partial charge on any atom is -0.377 e. The second kappa shape index (κ2) is 6.23. The number of benzene rings is 2.